The summed E-state index contributed by atoms with van der Waals surface area (Å²) in [5.41, 5.74) is 3.53. The minimum absolute atomic E-state index is 0.0180. The van der Waals surface area contributed by atoms with Gasteiger partial charge < -0.3 is 20.1 Å². The Morgan fingerprint density at radius 3 is 2.70 bits per heavy atom. The van der Waals surface area contributed by atoms with Gasteiger partial charge in [0.25, 0.3) is 0 Å². The standard InChI is InChI=1S/C32H44N2O3/c1-2-15-31(36)16-17-32(23-25-9-5-3-6-10-25)27(24-31)12-11-26-22-28(13-14-29(26)32)37-30(35)33-18-21-34-19-7-4-8-20-34/h3,5-6,9-10,13-14,22,27,36H,2,4,7-8,11-12,15-21,23-24H2,1H3,(H,33,35)/t27?,31-,32+/m1/s1. The van der Waals surface area contributed by atoms with Gasteiger partial charge in [-0.2, -0.15) is 0 Å². The van der Waals surface area contributed by atoms with E-state index in [-0.39, 0.29) is 11.5 Å². The van der Waals surface area contributed by atoms with Gasteiger partial charge in [-0.15, -0.1) is 0 Å². The maximum Gasteiger partial charge on any atom is 0.412 e. The summed E-state index contributed by atoms with van der Waals surface area (Å²) in [6.07, 6.45) is 11.1. The Balaban J connectivity index is 1.31. The molecular formula is C32H44N2O3. The van der Waals surface area contributed by atoms with Gasteiger partial charge >= 0.3 is 6.09 Å². The van der Waals surface area contributed by atoms with E-state index in [1.807, 2.05) is 6.07 Å². The summed E-state index contributed by atoms with van der Waals surface area (Å²) in [7, 11) is 0. The van der Waals surface area contributed by atoms with Crippen LogP contribution < -0.4 is 10.1 Å². The number of likely N-dealkylation sites (tertiary alicyclic amines) is 1. The summed E-state index contributed by atoms with van der Waals surface area (Å²) in [5.74, 6) is 1.08. The van der Waals surface area contributed by atoms with E-state index < -0.39 is 5.60 Å². The molecule has 5 nitrogen and oxygen atoms in total. The number of fused-ring (bicyclic) bond motifs is 3. The summed E-state index contributed by atoms with van der Waals surface area (Å²) in [6, 6.07) is 17.1. The van der Waals surface area contributed by atoms with Crippen LogP contribution in [0.25, 0.3) is 0 Å². The van der Waals surface area contributed by atoms with Gasteiger partial charge in [0.2, 0.25) is 0 Å². The van der Waals surface area contributed by atoms with Gasteiger partial charge in [0.05, 0.1) is 5.60 Å². The molecule has 2 N–H and O–H groups in total. The zero-order valence-corrected chi connectivity index (χ0v) is 22.5. The highest BCUT2D eigenvalue weighted by Gasteiger charge is 2.51. The van der Waals surface area contributed by atoms with Gasteiger partial charge in [-0.05, 0) is 106 Å². The molecule has 1 saturated carbocycles. The Morgan fingerprint density at radius 1 is 1.11 bits per heavy atom. The molecule has 2 fully saturated rings. The van der Waals surface area contributed by atoms with Crippen molar-refractivity contribution in [3.05, 3.63) is 65.2 Å². The average molecular weight is 505 g/mol. The fourth-order valence-corrected chi connectivity index (χ4v) is 7.43. The first-order valence-electron chi connectivity index (χ1n) is 14.6. The van der Waals surface area contributed by atoms with Crippen molar-refractivity contribution in [1.29, 1.82) is 0 Å². The van der Waals surface area contributed by atoms with Crippen molar-refractivity contribution in [2.45, 2.75) is 88.6 Å². The minimum atomic E-state index is -0.535. The second-order valence-electron chi connectivity index (χ2n) is 11.8. The molecule has 37 heavy (non-hydrogen) atoms. The topological polar surface area (TPSA) is 61.8 Å². The molecule has 0 radical (unpaired) electrons. The zero-order valence-electron chi connectivity index (χ0n) is 22.5. The average Bonchev–Trinajstić information content (AvgIpc) is 2.90. The van der Waals surface area contributed by atoms with Gasteiger partial charge in [0.1, 0.15) is 5.75 Å². The second-order valence-corrected chi connectivity index (χ2v) is 11.8. The molecule has 2 aromatic carbocycles. The molecule has 1 unspecified atom stereocenters. The van der Waals surface area contributed by atoms with Crippen LogP contribution in [-0.2, 0) is 18.3 Å². The highest BCUT2D eigenvalue weighted by molar-refractivity contribution is 5.70. The van der Waals surface area contributed by atoms with Crippen molar-refractivity contribution < 1.29 is 14.6 Å². The van der Waals surface area contributed by atoms with Gasteiger partial charge in [-0.3, -0.25) is 0 Å². The lowest BCUT2D eigenvalue weighted by atomic mass is 9.52. The first kappa shape index (κ1) is 26.2. The molecule has 1 aliphatic heterocycles. The molecule has 3 aliphatic rings. The Hall–Kier alpha value is -2.37. The van der Waals surface area contributed by atoms with Crippen molar-refractivity contribution in [3.8, 4) is 5.75 Å². The Labute approximate surface area is 222 Å². The maximum atomic E-state index is 12.5. The normalized spacial score (nSPS) is 27.7. The molecule has 1 amide bonds. The number of amides is 1. The highest BCUT2D eigenvalue weighted by atomic mass is 16.6. The van der Waals surface area contributed by atoms with Gasteiger partial charge in [0, 0.05) is 18.5 Å². The largest absolute Gasteiger partial charge is 0.412 e. The smallest absolute Gasteiger partial charge is 0.410 e. The molecule has 3 atom stereocenters. The minimum Gasteiger partial charge on any atom is -0.410 e. The van der Waals surface area contributed by atoms with Gasteiger partial charge in [-0.1, -0.05) is 56.2 Å². The number of ether oxygens (including phenoxy) is 1. The first-order valence-corrected chi connectivity index (χ1v) is 14.6. The number of benzene rings is 2. The van der Waals surface area contributed by atoms with Crippen molar-refractivity contribution in [1.82, 2.24) is 10.2 Å². The predicted molar refractivity (Wildman–Crippen MR) is 148 cm³/mol. The van der Waals surface area contributed by atoms with E-state index in [0.29, 0.717) is 18.2 Å². The fraction of sp³-hybridized carbons (Fsp3) is 0.594. The molecule has 5 heteroatoms. The molecule has 2 aliphatic carbocycles. The number of hydrogen-bond acceptors (Lipinski definition) is 4. The number of nitrogens with zero attached hydrogens (tertiary/aromatic N) is 1. The third-order valence-electron chi connectivity index (χ3n) is 9.25. The Bertz CT molecular complexity index is 1050. The van der Waals surface area contributed by atoms with Crippen LogP contribution in [0.2, 0.25) is 0 Å². The summed E-state index contributed by atoms with van der Waals surface area (Å²) in [6.45, 7) is 5.93. The van der Waals surface area contributed by atoms with E-state index in [4.69, 9.17) is 4.74 Å². The molecule has 1 saturated heterocycles. The number of aliphatic hydroxyl groups is 1. The van der Waals surface area contributed by atoms with Crippen LogP contribution in [0.3, 0.4) is 0 Å². The second kappa shape index (κ2) is 11.6. The summed E-state index contributed by atoms with van der Waals surface area (Å²) < 4.78 is 5.71. The number of hydrogen-bond donors (Lipinski definition) is 2. The lowest BCUT2D eigenvalue weighted by molar-refractivity contribution is -0.0565. The van der Waals surface area contributed by atoms with Crippen LogP contribution >= 0.6 is 0 Å². The van der Waals surface area contributed by atoms with E-state index in [1.165, 1.54) is 36.0 Å². The monoisotopic (exact) mass is 504 g/mol. The van der Waals surface area contributed by atoms with Crippen LogP contribution in [0.15, 0.2) is 48.5 Å². The fourth-order valence-electron chi connectivity index (χ4n) is 7.43. The zero-order chi connectivity index (χ0) is 25.7. The predicted octanol–water partition coefficient (Wildman–Crippen LogP) is 6.02. The van der Waals surface area contributed by atoms with Crippen molar-refractivity contribution in [2.75, 3.05) is 26.2 Å². The summed E-state index contributed by atoms with van der Waals surface area (Å²) in [5, 5.41) is 14.3. The Kier molecular flexibility index (Phi) is 8.21. The molecular weight excluding hydrogens is 460 g/mol. The van der Waals surface area contributed by atoms with E-state index in [9.17, 15) is 9.90 Å². The third kappa shape index (κ3) is 6.04. The molecule has 1 heterocycles. The van der Waals surface area contributed by atoms with E-state index in [0.717, 1.165) is 71.0 Å². The first-order chi connectivity index (χ1) is 18.0. The maximum absolute atomic E-state index is 12.5. The molecule has 0 bridgehead atoms. The van der Waals surface area contributed by atoms with Crippen molar-refractivity contribution in [3.63, 3.8) is 0 Å². The number of carbonyl (C=O) groups is 1. The Morgan fingerprint density at radius 2 is 1.92 bits per heavy atom. The van der Waals surface area contributed by atoms with E-state index in [2.05, 4.69) is 59.6 Å². The van der Waals surface area contributed by atoms with E-state index >= 15 is 0 Å². The molecule has 2 aromatic rings. The third-order valence-corrected chi connectivity index (χ3v) is 9.25. The number of aryl methyl sites for hydroxylation is 1. The number of carbonyl (C=O) groups excluding carboxylic acids is 1. The quantitative estimate of drug-likeness (QED) is 0.462. The van der Waals surface area contributed by atoms with Crippen LogP contribution in [-0.4, -0.2) is 47.9 Å². The molecule has 0 aromatic heterocycles. The number of nitrogens with one attached hydrogen (secondary N) is 1. The highest BCUT2D eigenvalue weighted by Crippen LogP contribution is 2.55. The van der Waals surface area contributed by atoms with Crippen molar-refractivity contribution in [2.24, 2.45) is 5.92 Å². The molecule has 5 rings (SSSR count). The molecule has 200 valence electrons. The summed E-state index contributed by atoms with van der Waals surface area (Å²) in [4.78, 5) is 14.9. The lowest BCUT2D eigenvalue weighted by Gasteiger charge is -2.53. The number of rotatable bonds is 8. The van der Waals surface area contributed by atoms with Crippen LogP contribution in [0.1, 0.15) is 81.4 Å². The van der Waals surface area contributed by atoms with E-state index in [1.54, 1.807) is 0 Å². The van der Waals surface area contributed by atoms with Crippen molar-refractivity contribution >= 4 is 6.09 Å². The lowest BCUT2D eigenvalue weighted by Crippen LogP contribution is -2.51. The van der Waals surface area contributed by atoms with Gasteiger partial charge in [0.15, 0.2) is 0 Å². The molecule has 0 spiro atoms. The summed E-state index contributed by atoms with van der Waals surface area (Å²) >= 11 is 0. The SMILES string of the molecule is CCC[C@@]1(O)CC[C@@]2(Cc3ccccc3)c3ccc(OC(=O)NCCN4CCCCC4)cc3CCC2C1. The number of piperidine rings is 1. The van der Waals surface area contributed by atoms with Crippen LogP contribution in [0.5, 0.6) is 5.75 Å². The van der Waals surface area contributed by atoms with Crippen LogP contribution in [0, 0.1) is 5.92 Å². The van der Waals surface area contributed by atoms with Gasteiger partial charge in [-0.25, -0.2) is 4.79 Å². The van der Waals surface area contributed by atoms with Crippen LogP contribution in [0.4, 0.5) is 4.79 Å².